The third-order valence-electron chi connectivity index (χ3n) is 4.96. The number of hydrogen-bond acceptors (Lipinski definition) is 3. The molecule has 1 aliphatic rings. The summed E-state index contributed by atoms with van der Waals surface area (Å²) in [7, 11) is 1.79. The largest absolute Gasteiger partial charge is 0.375 e. The predicted octanol–water partition coefficient (Wildman–Crippen LogP) is 3.16. The third-order valence-corrected chi connectivity index (χ3v) is 4.96. The van der Waals surface area contributed by atoms with E-state index in [1.54, 1.807) is 7.05 Å². The van der Waals surface area contributed by atoms with Gasteiger partial charge in [-0.1, -0.05) is 54.6 Å². The van der Waals surface area contributed by atoms with Gasteiger partial charge in [0.05, 0.1) is 13.2 Å². The highest BCUT2D eigenvalue weighted by atomic mass is 16.5. The van der Waals surface area contributed by atoms with Gasteiger partial charge in [0.1, 0.15) is 0 Å². The summed E-state index contributed by atoms with van der Waals surface area (Å²) in [6.45, 7) is 6.30. The number of likely N-dealkylation sites (tertiary alicyclic amines) is 1. The summed E-state index contributed by atoms with van der Waals surface area (Å²) in [5.74, 6) is 0.796. The van der Waals surface area contributed by atoms with E-state index in [2.05, 4.69) is 56.9 Å². The number of ether oxygens (including phenoxy) is 1. The highest BCUT2D eigenvalue weighted by Gasteiger charge is 2.11. The molecule has 0 radical (unpaired) electrons. The SMILES string of the molecule is CN=C(NCCOCc1ccccc1)NCc1ccc(CN2CCCC2)cc1. The molecule has 1 fully saturated rings. The van der Waals surface area contributed by atoms with E-state index in [0.717, 1.165) is 25.6 Å². The minimum absolute atomic E-state index is 0.637. The van der Waals surface area contributed by atoms with Crippen molar-refractivity contribution in [1.29, 1.82) is 0 Å². The minimum atomic E-state index is 0.637. The van der Waals surface area contributed by atoms with E-state index in [4.69, 9.17) is 4.74 Å². The Hall–Kier alpha value is -2.37. The van der Waals surface area contributed by atoms with Gasteiger partial charge in [0.2, 0.25) is 0 Å². The number of aliphatic imine (C=N–C) groups is 1. The molecule has 0 amide bonds. The zero-order valence-corrected chi connectivity index (χ0v) is 16.9. The van der Waals surface area contributed by atoms with Gasteiger partial charge in [0, 0.05) is 26.7 Å². The Balaban J connectivity index is 1.32. The van der Waals surface area contributed by atoms with E-state index >= 15 is 0 Å². The maximum Gasteiger partial charge on any atom is 0.191 e. The van der Waals surface area contributed by atoms with Crippen LogP contribution in [0.5, 0.6) is 0 Å². The number of nitrogens with one attached hydrogen (secondary N) is 2. The fourth-order valence-electron chi connectivity index (χ4n) is 3.37. The van der Waals surface area contributed by atoms with Gasteiger partial charge in [-0.3, -0.25) is 9.89 Å². The van der Waals surface area contributed by atoms with Crippen molar-refractivity contribution in [3.05, 3.63) is 71.3 Å². The second kappa shape index (κ2) is 11.5. The lowest BCUT2D eigenvalue weighted by molar-refractivity contribution is 0.125. The molecular formula is C23H32N4O. The van der Waals surface area contributed by atoms with Gasteiger partial charge in [0.25, 0.3) is 0 Å². The molecule has 0 spiro atoms. The zero-order valence-electron chi connectivity index (χ0n) is 16.9. The Labute approximate surface area is 168 Å². The molecule has 5 heteroatoms. The van der Waals surface area contributed by atoms with E-state index in [0.29, 0.717) is 13.2 Å². The summed E-state index contributed by atoms with van der Waals surface area (Å²) in [4.78, 5) is 6.80. The van der Waals surface area contributed by atoms with Gasteiger partial charge in [-0.05, 0) is 42.6 Å². The highest BCUT2D eigenvalue weighted by molar-refractivity contribution is 5.79. The topological polar surface area (TPSA) is 48.9 Å². The van der Waals surface area contributed by atoms with Crippen molar-refractivity contribution in [1.82, 2.24) is 15.5 Å². The number of hydrogen-bond donors (Lipinski definition) is 2. The summed E-state index contributed by atoms with van der Waals surface area (Å²) >= 11 is 0. The van der Waals surface area contributed by atoms with Crippen LogP contribution >= 0.6 is 0 Å². The summed E-state index contributed by atoms with van der Waals surface area (Å²) in [5.41, 5.74) is 3.84. The lowest BCUT2D eigenvalue weighted by Crippen LogP contribution is -2.38. The molecule has 0 unspecified atom stereocenters. The molecule has 150 valence electrons. The smallest absolute Gasteiger partial charge is 0.191 e. The van der Waals surface area contributed by atoms with Crippen molar-refractivity contribution in [2.45, 2.75) is 32.5 Å². The minimum Gasteiger partial charge on any atom is -0.375 e. The summed E-state index contributed by atoms with van der Waals surface area (Å²) in [6.07, 6.45) is 2.68. The molecule has 3 rings (SSSR count). The first-order chi connectivity index (χ1) is 13.8. The lowest BCUT2D eigenvalue weighted by Gasteiger charge is -2.15. The van der Waals surface area contributed by atoms with Crippen molar-refractivity contribution in [2.75, 3.05) is 33.3 Å². The lowest BCUT2D eigenvalue weighted by atomic mass is 10.1. The van der Waals surface area contributed by atoms with Gasteiger partial charge in [-0.25, -0.2) is 0 Å². The Morgan fingerprint density at radius 2 is 1.64 bits per heavy atom. The van der Waals surface area contributed by atoms with Gasteiger partial charge in [-0.15, -0.1) is 0 Å². The number of benzene rings is 2. The van der Waals surface area contributed by atoms with Crippen LogP contribution in [0.4, 0.5) is 0 Å². The van der Waals surface area contributed by atoms with Crippen LogP contribution in [-0.4, -0.2) is 44.1 Å². The highest BCUT2D eigenvalue weighted by Crippen LogP contribution is 2.13. The van der Waals surface area contributed by atoms with E-state index in [1.165, 1.54) is 42.6 Å². The molecule has 0 saturated carbocycles. The average Bonchev–Trinajstić information content (AvgIpc) is 3.25. The Bertz CT molecular complexity index is 709. The van der Waals surface area contributed by atoms with Crippen LogP contribution in [0, 0.1) is 0 Å². The Kier molecular flexibility index (Phi) is 8.34. The van der Waals surface area contributed by atoms with Gasteiger partial charge in [-0.2, -0.15) is 0 Å². The quantitative estimate of drug-likeness (QED) is 0.399. The molecular weight excluding hydrogens is 348 g/mol. The maximum atomic E-state index is 5.70. The van der Waals surface area contributed by atoms with Gasteiger partial charge >= 0.3 is 0 Å². The monoisotopic (exact) mass is 380 g/mol. The van der Waals surface area contributed by atoms with Crippen molar-refractivity contribution < 1.29 is 4.74 Å². The molecule has 2 N–H and O–H groups in total. The van der Waals surface area contributed by atoms with Crippen LogP contribution in [0.15, 0.2) is 59.6 Å². The molecule has 1 heterocycles. The molecule has 2 aromatic carbocycles. The normalized spacial score (nSPS) is 15.0. The van der Waals surface area contributed by atoms with Gasteiger partial charge in [0.15, 0.2) is 5.96 Å². The number of nitrogens with zero attached hydrogens (tertiary/aromatic N) is 2. The fraction of sp³-hybridized carbons (Fsp3) is 0.435. The fourth-order valence-corrected chi connectivity index (χ4v) is 3.37. The van der Waals surface area contributed by atoms with Gasteiger partial charge < -0.3 is 15.4 Å². The van der Waals surface area contributed by atoms with E-state index < -0.39 is 0 Å². The van der Waals surface area contributed by atoms with Crippen molar-refractivity contribution in [2.24, 2.45) is 4.99 Å². The molecule has 1 aliphatic heterocycles. The summed E-state index contributed by atoms with van der Waals surface area (Å²) in [5, 5.41) is 6.65. The molecule has 0 aliphatic carbocycles. The second-order valence-corrected chi connectivity index (χ2v) is 7.19. The standard InChI is InChI=1S/C23H32N4O/c1-24-23(25-13-16-28-19-22-7-3-2-4-8-22)26-17-20-9-11-21(12-10-20)18-27-14-5-6-15-27/h2-4,7-12H,5-6,13-19H2,1H3,(H2,24,25,26). The molecule has 2 aromatic rings. The van der Waals surface area contributed by atoms with E-state index in [9.17, 15) is 0 Å². The van der Waals surface area contributed by atoms with Crippen LogP contribution in [0.2, 0.25) is 0 Å². The van der Waals surface area contributed by atoms with E-state index in [-0.39, 0.29) is 0 Å². The first kappa shape index (κ1) is 20.4. The summed E-state index contributed by atoms with van der Waals surface area (Å²) < 4.78 is 5.70. The van der Waals surface area contributed by atoms with Crippen molar-refractivity contribution >= 4 is 5.96 Å². The van der Waals surface area contributed by atoms with Crippen molar-refractivity contribution in [3.63, 3.8) is 0 Å². The molecule has 1 saturated heterocycles. The van der Waals surface area contributed by atoms with Crippen LogP contribution in [-0.2, 0) is 24.4 Å². The average molecular weight is 381 g/mol. The molecule has 0 aromatic heterocycles. The van der Waals surface area contributed by atoms with Crippen molar-refractivity contribution in [3.8, 4) is 0 Å². The third kappa shape index (κ3) is 6.98. The molecule has 28 heavy (non-hydrogen) atoms. The first-order valence-corrected chi connectivity index (χ1v) is 10.2. The maximum absolute atomic E-state index is 5.70. The molecule has 0 atom stereocenters. The van der Waals surface area contributed by atoms with Crippen LogP contribution in [0.25, 0.3) is 0 Å². The van der Waals surface area contributed by atoms with E-state index in [1.807, 2.05) is 18.2 Å². The zero-order chi connectivity index (χ0) is 19.4. The van der Waals surface area contributed by atoms with Crippen LogP contribution in [0.3, 0.4) is 0 Å². The number of rotatable bonds is 9. The number of guanidine groups is 1. The summed E-state index contributed by atoms with van der Waals surface area (Å²) in [6, 6.07) is 19.1. The second-order valence-electron chi connectivity index (χ2n) is 7.19. The molecule has 0 bridgehead atoms. The first-order valence-electron chi connectivity index (χ1n) is 10.2. The predicted molar refractivity (Wildman–Crippen MR) is 115 cm³/mol. The van der Waals surface area contributed by atoms with Crippen LogP contribution < -0.4 is 10.6 Å². The molecule has 5 nitrogen and oxygen atoms in total. The van der Waals surface area contributed by atoms with Crippen LogP contribution in [0.1, 0.15) is 29.5 Å². The Morgan fingerprint density at radius 1 is 0.929 bits per heavy atom. The Morgan fingerprint density at radius 3 is 2.36 bits per heavy atom.